The van der Waals surface area contributed by atoms with Gasteiger partial charge in [-0.2, -0.15) is 9.40 Å². The molecule has 138 valence electrons. The van der Waals surface area contributed by atoms with Crippen LogP contribution in [0.4, 0.5) is 5.69 Å². The first-order chi connectivity index (χ1) is 12.4. The number of carbonyl (C=O) groups is 1. The lowest BCUT2D eigenvalue weighted by atomic mass is 10.2. The van der Waals surface area contributed by atoms with E-state index in [0.29, 0.717) is 30.1 Å². The summed E-state index contributed by atoms with van der Waals surface area (Å²) in [4.78, 5) is 11.4. The van der Waals surface area contributed by atoms with Crippen molar-refractivity contribution in [2.45, 2.75) is 31.3 Å². The van der Waals surface area contributed by atoms with Crippen molar-refractivity contribution in [2.75, 3.05) is 18.4 Å². The average Bonchev–Trinajstić information content (AvgIpc) is 3.04. The molecule has 1 atom stereocenters. The summed E-state index contributed by atoms with van der Waals surface area (Å²) in [6, 6.07) is 8.16. The molecule has 1 fully saturated rings. The van der Waals surface area contributed by atoms with E-state index in [-0.39, 0.29) is 23.5 Å². The highest BCUT2D eigenvalue weighted by atomic mass is 32.2. The summed E-state index contributed by atoms with van der Waals surface area (Å²) in [7, 11) is -3.64. The summed E-state index contributed by atoms with van der Waals surface area (Å²) in [5, 5.41) is 10.3. The lowest BCUT2D eigenvalue weighted by Crippen LogP contribution is -2.31. The predicted octanol–water partition coefficient (Wildman–Crippen LogP) is 1.59. The summed E-state index contributed by atoms with van der Waals surface area (Å²) < 4.78 is 33.0. The SMILES string of the molecule is CC(=O)Nc1ccc(S(=O)(=O)N2CCC(Oc3cccnn3)C2)c(C)c1. The third-order valence-electron chi connectivity index (χ3n) is 4.06. The van der Waals surface area contributed by atoms with Gasteiger partial charge in [0.1, 0.15) is 6.10 Å². The van der Waals surface area contributed by atoms with Gasteiger partial charge in [-0.15, -0.1) is 5.10 Å². The molecule has 1 unspecified atom stereocenters. The van der Waals surface area contributed by atoms with Gasteiger partial charge in [0.25, 0.3) is 0 Å². The van der Waals surface area contributed by atoms with E-state index >= 15 is 0 Å². The highest BCUT2D eigenvalue weighted by molar-refractivity contribution is 7.89. The van der Waals surface area contributed by atoms with Crippen LogP contribution in [0.3, 0.4) is 0 Å². The number of rotatable bonds is 5. The molecule has 8 nitrogen and oxygen atoms in total. The zero-order valence-corrected chi connectivity index (χ0v) is 15.4. The van der Waals surface area contributed by atoms with Gasteiger partial charge >= 0.3 is 0 Å². The molecule has 1 aliphatic heterocycles. The normalized spacial score (nSPS) is 17.8. The van der Waals surface area contributed by atoms with Crippen molar-refractivity contribution in [2.24, 2.45) is 0 Å². The summed E-state index contributed by atoms with van der Waals surface area (Å²) in [5.41, 5.74) is 1.15. The van der Waals surface area contributed by atoms with E-state index in [1.54, 1.807) is 37.4 Å². The predicted molar refractivity (Wildman–Crippen MR) is 95.3 cm³/mol. The number of carbonyl (C=O) groups excluding carboxylic acids is 1. The molecule has 2 heterocycles. The first-order valence-corrected chi connectivity index (χ1v) is 9.63. The molecule has 1 amide bonds. The number of sulfonamides is 1. The third-order valence-corrected chi connectivity index (χ3v) is 6.08. The van der Waals surface area contributed by atoms with Crippen LogP contribution in [0.15, 0.2) is 41.4 Å². The third kappa shape index (κ3) is 4.00. The maximum absolute atomic E-state index is 12.9. The van der Waals surface area contributed by atoms with Crippen LogP contribution in [-0.4, -0.2) is 48.0 Å². The number of aromatic nitrogens is 2. The maximum Gasteiger partial charge on any atom is 0.243 e. The quantitative estimate of drug-likeness (QED) is 0.850. The Bertz CT molecular complexity index is 902. The van der Waals surface area contributed by atoms with Gasteiger partial charge in [0.15, 0.2) is 0 Å². The van der Waals surface area contributed by atoms with Crippen molar-refractivity contribution in [3.05, 3.63) is 42.1 Å². The second-order valence-electron chi connectivity index (χ2n) is 6.11. The number of benzene rings is 1. The molecule has 1 aromatic heterocycles. The van der Waals surface area contributed by atoms with Gasteiger partial charge < -0.3 is 10.1 Å². The molecule has 0 bridgehead atoms. The number of hydrogen-bond donors (Lipinski definition) is 1. The van der Waals surface area contributed by atoms with Gasteiger partial charge in [-0.3, -0.25) is 4.79 Å². The summed E-state index contributed by atoms with van der Waals surface area (Å²) in [6.07, 6.45) is 1.87. The molecule has 0 aliphatic carbocycles. The Hall–Kier alpha value is -2.52. The average molecular weight is 376 g/mol. The Morgan fingerprint density at radius 1 is 1.35 bits per heavy atom. The monoisotopic (exact) mass is 376 g/mol. The molecule has 1 N–H and O–H groups in total. The number of hydrogen-bond acceptors (Lipinski definition) is 6. The summed E-state index contributed by atoms with van der Waals surface area (Å²) >= 11 is 0. The van der Waals surface area contributed by atoms with Crippen LogP contribution < -0.4 is 10.1 Å². The zero-order chi connectivity index (χ0) is 18.7. The zero-order valence-electron chi connectivity index (χ0n) is 14.5. The molecule has 0 saturated carbocycles. The molecular weight excluding hydrogens is 356 g/mol. The fourth-order valence-corrected chi connectivity index (χ4v) is 4.58. The molecule has 0 radical (unpaired) electrons. The number of nitrogens with zero attached hydrogens (tertiary/aromatic N) is 3. The molecule has 26 heavy (non-hydrogen) atoms. The van der Waals surface area contributed by atoms with Crippen molar-refractivity contribution in [3.63, 3.8) is 0 Å². The summed E-state index contributed by atoms with van der Waals surface area (Å²) in [5.74, 6) is 0.177. The molecule has 0 spiro atoms. The van der Waals surface area contributed by atoms with Gasteiger partial charge in [0, 0.05) is 31.4 Å². The van der Waals surface area contributed by atoms with Crippen LogP contribution in [0.25, 0.3) is 0 Å². The van der Waals surface area contributed by atoms with Gasteiger partial charge in [-0.1, -0.05) is 0 Å². The van der Waals surface area contributed by atoms with Crippen molar-refractivity contribution in [1.29, 1.82) is 0 Å². The number of ether oxygens (including phenoxy) is 1. The minimum atomic E-state index is -3.64. The van der Waals surface area contributed by atoms with E-state index in [4.69, 9.17) is 4.74 Å². The number of anilines is 1. The van der Waals surface area contributed by atoms with E-state index < -0.39 is 10.0 Å². The topological polar surface area (TPSA) is 101 Å². The minimum Gasteiger partial charge on any atom is -0.472 e. The second kappa shape index (κ2) is 7.38. The van der Waals surface area contributed by atoms with Crippen molar-refractivity contribution >= 4 is 21.6 Å². The molecule has 1 saturated heterocycles. The van der Waals surface area contributed by atoms with Crippen molar-refractivity contribution < 1.29 is 17.9 Å². The number of nitrogens with one attached hydrogen (secondary N) is 1. The summed E-state index contributed by atoms with van der Waals surface area (Å²) in [6.45, 7) is 3.75. The highest BCUT2D eigenvalue weighted by Gasteiger charge is 2.34. The van der Waals surface area contributed by atoms with Gasteiger partial charge in [-0.05, 0) is 43.2 Å². The van der Waals surface area contributed by atoms with Crippen molar-refractivity contribution in [3.8, 4) is 5.88 Å². The van der Waals surface area contributed by atoms with Gasteiger partial charge in [0.05, 0.1) is 11.4 Å². The van der Waals surface area contributed by atoms with Crippen molar-refractivity contribution in [1.82, 2.24) is 14.5 Å². The fourth-order valence-electron chi connectivity index (χ4n) is 2.89. The first kappa shape index (κ1) is 18.3. The number of amides is 1. The van der Waals surface area contributed by atoms with Crippen LogP contribution in [0.1, 0.15) is 18.9 Å². The van der Waals surface area contributed by atoms with E-state index in [1.165, 1.54) is 17.3 Å². The molecule has 9 heteroatoms. The molecular formula is C17H20N4O4S. The standard InChI is InChI=1S/C17H20N4O4S/c1-12-10-14(19-13(2)22)5-6-16(12)26(23,24)21-9-7-15(11-21)25-17-4-3-8-18-20-17/h3-6,8,10,15H,7,9,11H2,1-2H3,(H,19,22). The Labute approximate surface area is 152 Å². The largest absolute Gasteiger partial charge is 0.472 e. The minimum absolute atomic E-state index is 0.205. The Balaban J connectivity index is 1.73. The Morgan fingerprint density at radius 3 is 2.81 bits per heavy atom. The van der Waals surface area contributed by atoms with Crippen LogP contribution in [0.2, 0.25) is 0 Å². The molecule has 3 rings (SSSR count). The van der Waals surface area contributed by atoms with Crippen LogP contribution in [-0.2, 0) is 14.8 Å². The maximum atomic E-state index is 12.9. The van der Waals surface area contributed by atoms with Crippen LogP contribution in [0.5, 0.6) is 5.88 Å². The smallest absolute Gasteiger partial charge is 0.243 e. The molecule has 1 aromatic carbocycles. The fraction of sp³-hybridized carbons (Fsp3) is 0.353. The molecule has 2 aromatic rings. The van der Waals surface area contributed by atoms with Crippen LogP contribution in [0, 0.1) is 6.92 Å². The van der Waals surface area contributed by atoms with Crippen LogP contribution >= 0.6 is 0 Å². The van der Waals surface area contributed by atoms with E-state index in [0.717, 1.165) is 0 Å². The molecule has 1 aliphatic rings. The Morgan fingerprint density at radius 2 is 2.15 bits per heavy atom. The highest BCUT2D eigenvalue weighted by Crippen LogP contribution is 2.27. The lowest BCUT2D eigenvalue weighted by Gasteiger charge is -2.18. The number of aryl methyl sites for hydroxylation is 1. The van der Waals surface area contributed by atoms with Gasteiger partial charge in [-0.25, -0.2) is 8.42 Å². The Kier molecular flexibility index (Phi) is 5.19. The van der Waals surface area contributed by atoms with E-state index in [9.17, 15) is 13.2 Å². The van der Waals surface area contributed by atoms with E-state index in [1.807, 2.05) is 0 Å². The van der Waals surface area contributed by atoms with E-state index in [2.05, 4.69) is 15.5 Å². The van der Waals surface area contributed by atoms with Gasteiger partial charge in [0.2, 0.25) is 21.8 Å². The second-order valence-corrected chi connectivity index (χ2v) is 8.02. The lowest BCUT2D eigenvalue weighted by molar-refractivity contribution is -0.114. The first-order valence-electron chi connectivity index (χ1n) is 8.19.